The van der Waals surface area contributed by atoms with Gasteiger partial charge in [0.15, 0.2) is 0 Å². The SMILES string of the molecule is O=[N+]([O-])c1ccc(NNc2ncnc(NCCCN3CCOCC3)c2[N+](=O)[O-])cc1. The van der Waals surface area contributed by atoms with Crippen molar-refractivity contribution in [1.29, 1.82) is 0 Å². The van der Waals surface area contributed by atoms with Crippen molar-refractivity contribution in [1.82, 2.24) is 14.9 Å². The minimum atomic E-state index is -0.565. The van der Waals surface area contributed by atoms with Crippen LogP contribution in [0.5, 0.6) is 0 Å². The van der Waals surface area contributed by atoms with E-state index in [2.05, 4.69) is 31.0 Å². The van der Waals surface area contributed by atoms with Crippen molar-refractivity contribution < 1.29 is 14.6 Å². The minimum absolute atomic E-state index is 0.0240. The molecule has 13 nitrogen and oxygen atoms in total. The summed E-state index contributed by atoms with van der Waals surface area (Å²) in [6.07, 6.45) is 2.02. The van der Waals surface area contributed by atoms with Crippen molar-refractivity contribution in [2.24, 2.45) is 0 Å². The molecule has 2 heterocycles. The topological polar surface area (TPSA) is 161 Å². The van der Waals surface area contributed by atoms with Gasteiger partial charge in [0.2, 0.25) is 11.6 Å². The fourth-order valence-corrected chi connectivity index (χ4v) is 2.90. The van der Waals surface area contributed by atoms with E-state index in [1.165, 1.54) is 30.6 Å². The lowest BCUT2D eigenvalue weighted by atomic mass is 10.3. The Balaban J connectivity index is 1.59. The molecule has 1 aromatic heterocycles. The van der Waals surface area contributed by atoms with Crippen LogP contribution in [0.2, 0.25) is 0 Å². The van der Waals surface area contributed by atoms with Gasteiger partial charge in [-0.1, -0.05) is 0 Å². The summed E-state index contributed by atoms with van der Waals surface area (Å²) in [5.41, 5.74) is 5.54. The summed E-state index contributed by atoms with van der Waals surface area (Å²) in [7, 11) is 0. The van der Waals surface area contributed by atoms with Crippen molar-refractivity contribution in [2.75, 3.05) is 55.6 Å². The maximum Gasteiger partial charge on any atom is 0.354 e. The molecule has 1 saturated heterocycles. The van der Waals surface area contributed by atoms with Crippen molar-refractivity contribution >= 4 is 28.7 Å². The molecule has 1 aromatic carbocycles. The summed E-state index contributed by atoms with van der Waals surface area (Å²) in [5, 5.41) is 25.3. The normalized spacial score (nSPS) is 14.1. The number of morpholine rings is 1. The van der Waals surface area contributed by atoms with Gasteiger partial charge in [-0.05, 0) is 25.1 Å². The molecule has 1 aliphatic rings. The Bertz CT molecular complexity index is 873. The zero-order chi connectivity index (χ0) is 21.3. The largest absolute Gasteiger partial charge is 0.379 e. The highest BCUT2D eigenvalue weighted by Crippen LogP contribution is 2.29. The molecule has 0 amide bonds. The van der Waals surface area contributed by atoms with Crippen LogP contribution in [0.1, 0.15) is 6.42 Å². The van der Waals surface area contributed by atoms with Gasteiger partial charge in [-0.25, -0.2) is 9.97 Å². The molecule has 0 bridgehead atoms. The monoisotopic (exact) mass is 418 g/mol. The first-order chi connectivity index (χ1) is 14.5. The van der Waals surface area contributed by atoms with Crippen molar-refractivity contribution in [2.45, 2.75) is 6.42 Å². The Morgan fingerprint density at radius 2 is 1.70 bits per heavy atom. The van der Waals surface area contributed by atoms with Gasteiger partial charge in [-0.2, -0.15) is 0 Å². The Kier molecular flexibility index (Phi) is 7.24. The predicted octanol–water partition coefficient (Wildman–Crippen LogP) is 1.87. The van der Waals surface area contributed by atoms with Gasteiger partial charge >= 0.3 is 5.69 Å². The molecule has 0 aliphatic carbocycles. The number of hydrogen-bond acceptors (Lipinski definition) is 11. The van der Waals surface area contributed by atoms with E-state index in [0.29, 0.717) is 12.2 Å². The highest BCUT2D eigenvalue weighted by molar-refractivity contribution is 5.70. The van der Waals surface area contributed by atoms with Crippen LogP contribution in [0.3, 0.4) is 0 Å². The van der Waals surface area contributed by atoms with Crippen LogP contribution in [0.4, 0.5) is 28.7 Å². The molecule has 2 aromatic rings. The number of ether oxygens (including phenoxy) is 1. The first-order valence-corrected chi connectivity index (χ1v) is 9.34. The Hall–Kier alpha value is -3.58. The second kappa shape index (κ2) is 10.3. The number of nitro benzene ring substituents is 1. The molecule has 30 heavy (non-hydrogen) atoms. The van der Waals surface area contributed by atoms with Gasteiger partial charge in [0.25, 0.3) is 5.69 Å². The smallest absolute Gasteiger partial charge is 0.354 e. The van der Waals surface area contributed by atoms with Gasteiger partial charge in [-0.3, -0.25) is 36.0 Å². The lowest BCUT2D eigenvalue weighted by Gasteiger charge is -2.26. The van der Waals surface area contributed by atoms with E-state index < -0.39 is 9.85 Å². The molecular weight excluding hydrogens is 396 g/mol. The number of aromatic nitrogens is 2. The quantitative estimate of drug-likeness (QED) is 0.293. The molecule has 3 N–H and O–H groups in total. The zero-order valence-corrected chi connectivity index (χ0v) is 16.1. The van der Waals surface area contributed by atoms with Crippen LogP contribution in [0.25, 0.3) is 0 Å². The van der Waals surface area contributed by atoms with E-state index in [1.807, 2.05) is 0 Å². The fraction of sp³-hybridized carbons (Fsp3) is 0.412. The molecule has 13 heteroatoms. The summed E-state index contributed by atoms with van der Waals surface area (Å²) in [4.78, 5) is 31.4. The zero-order valence-electron chi connectivity index (χ0n) is 16.1. The average Bonchev–Trinajstić information content (AvgIpc) is 2.76. The Morgan fingerprint density at radius 1 is 1.00 bits per heavy atom. The standard InChI is InChI=1S/C17H22N8O5/c26-24(27)14-4-2-13(3-5-14)21-22-17-15(25(28)29)16(19-12-20-17)18-6-1-7-23-8-10-30-11-9-23/h2-5,12,21H,1,6-11H2,(H2,18,19,20,22). The third-order valence-corrected chi connectivity index (χ3v) is 4.46. The summed E-state index contributed by atoms with van der Waals surface area (Å²) in [6, 6.07) is 5.59. The van der Waals surface area contributed by atoms with Gasteiger partial charge in [0, 0.05) is 31.8 Å². The number of hydrazine groups is 1. The van der Waals surface area contributed by atoms with Crippen molar-refractivity contribution in [3.05, 3.63) is 50.8 Å². The van der Waals surface area contributed by atoms with E-state index in [0.717, 1.165) is 39.3 Å². The molecule has 0 unspecified atom stereocenters. The maximum atomic E-state index is 11.6. The summed E-state index contributed by atoms with van der Waals surface area (Å²) >= 11 is 0. The Labute approximate surface area is 171 Å². The summed E-state index contributed by atoms with van der Waals surface area (Å²) in [6.45, 7) is 4.60. The molecule has 0 saturated carbocycles. The summed E-state index contributed by atoms with van der Waals surface area (Å²) in [5.74, 6) is 0.0917. The summed E-state index contributed by atoms with van der Waals surface area (Å²) < 4.78 is 5.31. The molecule has 0 radical (unpaired) electrons. The molecule has 1 aliphatic heterocycles. The molecule has 0 atom stereocenters. The van der Waals surface area contributed by atoms with Crippen molar-refractivity contribution in [3.8, 4) is 0 Å². The van der Waals surface area contributed by atoms with Crippen LogP contribution in [0, 0.1) is 20.2 Å². The number of rotatable bonds is 10. The third-order valence-electron chi connectivity index (χ3n) is 4.46. The fourth-order valence-electron chi connectivity index (χ4n) is 2.90. The Morgan fingerprint density at radius 3 is 2.37 bits per heavy atom. The van der Waals surface area contributed by atoms with E-state index in [4.69, 9.17) is 4.74 Å². The van der Waals surface area contributed by atoms with Crippen LogP contribution >= 0.6 is 0 Å². The second-order valence-electron chi connectivity index (χ2n) is 6.46. The number of nitrogens with zero attached hydrogens (tertiary/aromatic N) is 5. The number of anilines is 3. The first kappa shape index (κ1) is 21.1. The molecule has 1 fully saturated rings. The van der Waals surface area contributed by atoms with Crippen LogP contribution in [-0.2, 0) is 4.74 Å². The molecule has 160 valence electrons. The lowest BCUT2D eigenvalue weighted by molar-refractivity contribution is -0.384. The molecular formula is C17H22N8O5. The number of benzene rings is 1. The number of non-ortho nitro benzene ring substituents is 1. The van der Waals surface area contributed by atoms with E-state index in [-0.39, 0.29) is 23.0 Å². The number of nitro groups is 2. The van der Waals surface area contributed by atoms with E-state index >= 15 is 0 Å². The second-order valence-corrected chi connectivity index (χ2v) is 6.46. The van der Waals surface area contributed by atoms with E-state index in [9.17, 15) is 20.2 Å². The van der Waals surface area contributed by atoms with Gasteiger partial charge in [0.1, 0.15) is 6.33 Å². The average molecular weight is 418 g/mol. The maximum absolute atomic E-state index is 11.6. The lowest BCUT2D eigenvalue weighted by Crippen LogP contribution is -2.37. The predicted molar refractivity (Wildman–Crippen MR) is 109 cm³/mol. The molecule has 3 rings (SSSR count). The highest BCUT2D eigenvalue weighted by atomic mass is 16.6. The van der Waals surface area contributed by atoms with E-state index in [1.54, 1.807) is 0 Å². The third kappa shape index (κ3) is 5.71. The molecule has 0 spiro atoms. The van der Waals surface area contributed by atoms with Crippen LogP contribution in [0.15, 0.2) is 30.6 Å². The van der Waals surface area contributed by atoms with Gasteiger partial charge in [0.05, 0.1) is 28.7 Å². The highest BCUT2D eigenvalue weighted by Gasteiger charge is 2.23. The number of nitrogens with one attached hydrogen (secondary N) is 3. The first-order valence-electron chi connectivity index (χ1n) is 9.34. The van der Waals surface area contributed by atoms with Crippen LogP contribution in [-0.4, -0.2) is 64.1 Å². The number of hydrogen-bond donors (Lipinski definition) is 3. The van der Waals surface area contributed by atoms with Gasteiger partial charge in [-0.15, -0.1) is 0 Å². The minimum Gasteiger partial charge on any atom is -0.379 e. The van der Waals surface area contributed by atoms with Gasteiger partial charge < -0.3 is 10.1 Å². The van der Waals surface area contributed by atoms with Crippen molar-refractivity contribution in [3.63, 3.8) is 0 Å². The van der Waals surface area contributed by atoms with Crippen LogP contribution < -0.4 is 16.2 Å².